The summed E-state index contributed by atoms with van der Waals surface area (Å²) in [6.45, 7) is 0.270. The molecule has 1 aromatic heterocycles. The first kappa shape index (κ1) is 15.7. The fourth-order valence-electron chi connectivity index (χ4n) is 2.46. The molecule has 0 fully saturated rings. The second kappa shape index (κ2) is 6.52. The first-order chi connectivity index (χ1) is 11.0. The van der Waals surface area contributed by atoms with E-state index in [1.807, 2.05) is 30.3 Å². The number of aromatic nitrogens is 1. The minimum atomic E-state index is -3.39. The van der Waals surface area contributed by atoms with E-state index in [2.05, 4.69) is 9.71 Å². The fourth-order valence-corrected chi connectivity index (χ4v) is 3.48. The maximum absolute atomic E-state index is 13.3. The van der Waals surface area contributed by atoms with Crippen LogP contribution in [0.15, 0.2) is 54.7 Å². The van der Waals surface area contributed by atoms with Crippen molar-refractivity contribution in [2.24, 2.45) is 0 Å². The summed E-state index contributed by atoms with van der Waals surface area (Å²) in [6, 6.07) is 13.8. The molecule has 2 aromatic carbocycles. The van der Waals surface area contributed by atoms with Crippen molar-refractivity contribution in [1.82, 2.24) is 9.71 Å². The summed E-state index contributed by atoms with van der Waals surface area (Å²) in [5, 5.41) is 0.725. The van der Waals surface area contributed by atoms with E-state index < -0.39 is 10.0 Å². The number of hydrogen-bond acceptors (Lipinski definition) is 2. The Balaban J connectivity index is 1.65. The van der Waals surface area contributed by atoms with Crippen molar-refractivity contribution in [2.75, 3.05) is 5.75 Å². The largest absolute Gasteiger partial charge is 0.361 e. The van der Waals surface area contributed by atoms with Gasteiger partial charge in [-0.05, 0) is 35.7 Å². The van der Waals surface area contributed by atoms with Gasteiger partial charge in [-0.25, -0.2) is 17.5 Å². The van der Waals surface area contributed by atoms with Crippen LogP contribution in [0.1, 0.15) is 11.1 Å². The van der Waals surface area contributed by atoms with Crippen molar-refractivity contribution < 1.29 is 12.8 Å². The van der Waals surface area contributed by atoms with Crippen molar-refractivity contribution in [3.05, 3.63) is 71.7 Å². The maximum atomic E-state index is 13.3. The molecule has 0 spiro atoms. The number of aromatic amines is 1. The minimum absolute atomic E-state index is 0.0384. The predicted octanol–water partition coefficient (Wildman–Crippen LogP) is 2.97. The number of benzene rings is 2. The lowest BCUT2D eigenvalue weighted by Crippen LogP contribution is -2.26. The number of rotatable bonds is 6. The molecule has 6 heteroatoms. The van der Waals surface area contributed by atoms with Gasteiger partial charge in [0.1, 0.15) is 5.82 Å². The molecular weight excluding hydrogens is 315 g/mol. The molecule has 0 saturated heterocycles. The summed E-state index contributed by atoms with van der Waals surface area (Å²) in [6.07, 6.45) is 2.06. The second-order valence-corrected chi connectivity index (χ2v) is 7.31. The van der Waals surface area contributed by atoms with Crippen molar-refractivity contribution >= 4 is 20.9 Å². The summed E-state index contributed by atoms with van der Waals surface area (Å²) in [5.41, 5.74) is 2.51. The van der Waals surface area contributed by atoms with Crippen LogP contribution in [0.4, 0.5) is 4.39 Å². The Bertz CT molecular complexity index is 905. The third-order valence-corrected chi connectivity index (χ3v) is 5.03. The van der Waals surface area contributed by atoms with E-state index in [-0.39, 0.29) is 18.1 Å². The van der Waals surface area contributed by atoms with E-state index in [0.29, 0.717) is 6.42 Å². The molecule has 0 aliphatic heterocycles. The van der Waals surface area contributed by atoms with Crippen LogP contribution in [0.2, 0.25) is 0 Å². The van der Waals surface area contributed by atoms with Gasteiger partial charge in [0, 0.05) is 23.6 Å². The molecule has 0 radical (unpaired) electrons. The summed E-state index contributed by atoms with van der Waals surface area (Å²) in [4.78, 5) is 3.03. The van der Waals surface area contributed by atoms with E-state index in [1.165, 1.54) is 12.1 Å². The average Bonchev–Trinajstić information content (AvgIpc) is 2.94. The molecule has 3 rings (SSSR count). The highest BCUT2D eigenvalue weighted by Crippen LogP contribution is 2.20. The Hall–Kier alpha value is -2.18. The van der Waals surface area contributed by atoms with Crippen LogP contribution in [0.25, 0.3) is 10.9 Å². The maximum Gasteiger partial charge on any atom is 0.212 e. The minimum Gasteiger partial charge on any atom is -0.361 e. The Morgan fingerprint density at radius 2 is 1.87 bits per heavy atom. The van der Waals surface area contributed by atoms with Crippen molar-refractivity contribution in [1.29, 1.82) is 0 Å². The number of hydrogen-bond donors (Lipinski definition) is 2. The van der Waals surface area contributed by atoms with Gasteiger partial charge < -0.3 is 4.98 Å². The van der Waals surface area contributed by atoms with Crippen LogP contribution >= 0.6 is 0 Å². The van der Waals surface area contributed by atoms with E-state index in [9.17, 15) is 12.8 Å². The summed E-state index contributed by atoms with van der Waals surface area (Å²) >= 11 is 0. The molecule has 0 amide bonds. The number of aryl methyl sites for hydroxylation is 1. The van der Waals surface area contributed by atoms with Gasteiger partial charge in [-0.15, -0.1) is 0 Å². The number of fused-ring (bicyclic) bond motifs is 1. The quantitative estimate of drug-likeness (QED) is 0.729. The highest BCUT2D eigenvalue weighted by molar-refractivity contribution is 7.89. The molecule has 0 aliphatic carbocycles. The Morgan fingerprint density at radius 3 is 2.65 bits per heavy atom. The molecule has 0 saturated carbocycles. The molecule has 23 heavy (non-hydrogen) atoms. The lowest BCUT2D eigenvalue weighted by molar-refractivity contribution is 0.580. The van der Waals surface area contributed by atoms with Crippen LogP contribution in [0.5, 0.6) is 0 Å². The summed E-state index contributed by atoms with van der Waals surface area (Å²) < 4.78 is 40.1. The van der Waals surface area contributed by atoms with E-state index in [4.69, 9.17) is 0 Å². The molecule has 4 nitrogen and oxygen atoms in total. The van der Waals surface area contributed by atoms with Crippen LogP contribution in [-0.4, -0.2) is 19.2 Å². The molecule has 3 aromatic rings. The van der Waals surface area contributed by atoms with Gasteiger partial charge in [-0.1, -0.05) is 30.3 Å². The molecule has 1 heterocycles. The van der Waals surface area contributed by atoms with E-state index in [1.54, 1.807) is 12.3 Å². The summed E-state index contributed by atoms with van der Waals surface area (Å²) in [5.74, 6) is -0.369. The average molecular weight is 332 g/mol. The van der Waals surface area contributed by atoms with Gasteiger partial charge in [0.25, 0.3) is 0 Å². The molecule has 0 unspecified atom stereocenters. The molecule has 0 aliphatic rings. The van der Waals surface area contributed by atoms with Crippen LogP contribution in [-0.2, 0) is 23.0 Å². The molecule has 2 N–H and O–H groups in total. The number of H-pyrrole nitrogens is 1. The highest BCUT2D eigenvalue weighted by atomic mass is 32.2. The lowest BCUT2D eigenvalue weighted by atomic mass is 10.1. The third-order valence-electron chi connectivity index (χ3n) is 3.71. The van der Waals surface area contributed by atoms with Gasteiger partial charge in [-0.2, -0.15) is 0 Å². The number of halogens is 1. The van der Waals surface area contributed by atoms with Crippen molar-refractivity contribution in [2.45, 2.75) is 13.0 Å². The number of sulfonamides is 1. The lowest BCUT2D eigenvalue weighted by Gasteiger charge is -2.06. The topological polar surface area (TPSA) is 62.0 Å². The SMILES string of the molecule is O=S(=O)(CCc1c[nH]c2ccc(F)cc12)NCc1ccccc1. The molecule has 120 valence electrons. The first-order valence-electron chi connectivity index (χ1n) is 7.30. The molecule has 0 bridgehead atoms. The zero-order valence-electron chi connectivity index (χ0n) is 12.4. The monoisotopic (exact) mass is 332 g/mol. The predicted molar refractivity (Wildman–Crippen MR) is 89.0 cm³/mol. The third kappa shape index (κ3) is 3.97. The van der Waals surface area contributed by atoms with Gasteiger partial charge in [0.05, 0.1) is 5.75 Å². The number of nitrogens with one attached hydrogen (secondary N) is 2. The Morgan fingerprint density at radius 1 is 1.09 bits per heavy atom. The van der Waals surface area contributed by atoms with Gasteiger partial charge >= 0.3 is 0 Å². The summed E-state index contributed by atoms with van der Waals surface area (Å²) in [7, 11) is -3.39. The standard InChI is InChI=1S/C17H17FN2O2S/c18-15-6-7-17-16(10-15)14(12-19-17)8-9-23(21,22)20-11-13-4-2-1-3-5-13/h1-7,10,12,19-20H,8-9,11H2. The van der Waals surface area contributed by atoms with Crippen LogP contribution < -0.4 is 4.72 Å². The highest BCUT2D eigenvalue weighted by Gasteiger charge is 2.12. The van der Waals surface area contributed by atoms with Crippen molar-refractivity contribution in [3.8, 4) is 0 Å². The first-order valence-corrected chi connectivity index (χ1v) is 8.95. The van der Waals surface area contributed by atoms with E-state index >= 15 is 0 Å². The zero-order valence-corrected chi connectivity index (χ0v) is 13.2. The molecule has 0 atom stereocenters. The van der Waals surface area contributed by atoms with Gasteiger partial charge in [0.15, 0.2) is 0 Å². The Labute approximate surface area is 134 Å². The van der Waals surface area contributed by atoms with Crippen LogP contribution in [0, 0.1) is 5.82 Å². The van der Waals surface area contributed by atoms with E-state index in [0.717, 1.165) is 22.0 Å². The smallest absolute Gasteiger partial charge is 0.212 e. The van der Waals surface area contributed by atoms with Gasteiger partial charge in [-0.3, -0.25) is 0 Å². The van der Waals surface area contributed by atoms with Gasteiger partial charge in [0.2, 0.25) is 10.0 Å². The normalized spacial score (nSPS) is 11.9. The molecular formula is C17H17FN2O2S. The Kier molecular flexibility index (Phi) is 4.45. The zero-order chi connectivity index (χ0) is 16.3. The van der Waals surface area contributed by atoms with Crippen LogP contribution in [0.3, 0.4) is 0 Å². The second-order valence-electron chi connectivity index (χ2n) is 5.38. The van der Waals surface area contributed by atoms with Crippen molar-refractivity contribution in [3.63, 3.8) is 0 Å². The fraction of sp³-hybridized carbons (Fsp3) is 0.176.